The van der Waals surface area contributed by atoms with E-state index in [0.717, 1.165) is 36.1 Å². The minimum absolute atomic E-state index is 0.777. The van der Waals surface area contributed by atoms with Crippen molar-refractivity contribution in [2.45, 2.75) is 26.2 Å². The first kappa shape index (κ1) is 14.3. The van der Waals surface area contributed by atoms with Gasteiger partial charge in [0, 0.05) is 18.0 Å². The van der Waals surface area contributed by atoms with Crippen LogP contribution in [0.5, 0.6) is 0 Å². The summed E-state index contributed by atoms with van der Waals surface area (Å²) in [5.41, 5.74) is 1.47. The molecule has 0 amide bonds. The van der Waals surface area contributed by atoms with Gasteiger partial charge in [-0.2, -0.15) is 0 Å². The molecule has 1 unspecified atom stereocenters. The number of aromatic nitrogens is 2. The third kappa shape index (κ3) is 2.60. The molecule has 1 aliphatic rings. The number of anilines is 1. The highest BCUT2D eigenvalue weighted by Gasteiger charge is 2.24. The summed E-state index contributed by atoms with van der Waals surface area (Å²) in [6.45, 7) is 11.6. The molecule has 2 aromatic rings. The van der Waals surface area contributed by atoms with Gasteiger partial charge in [-0.3, -0.25) is 0 Å². The zero-order valence-corrected chi connectivity index (χ0v) is 13.3. The maximum Gasteiger partial charge on any atom is 0.141 e. The molecule has 3 nitrogen and oxygen atoms in total. The number of hydrogen-bond donors (Lipinski definition) is 0. The number of thiophene rings is 1. The van der Waals surface area contributed by atoms with Crippen molar-refractivity contribution < 1.29 is 0 Å². The molecule has 0 aliphatic heterocycles. The van der Waals surface area contributed by atoms with Crippen molar-refractivity contribution in [1.29, 1.82) is 0 Å². The molecule has 2 heterocycles. The molecule has 0 saturated carbocycles. The summed E-state index contributed by atoms with van der Waals surface area (Å²) < 4.78 is 0. The van der Waals surface area contributed by atoms with Crippen molar-refractivity contribution in [3.63, 3.8) is 0 Å². The van der Waals surface area contributed by atoms with E-state index in [1.54, 1.807) is 6.33 Å². The van der Waals surface area contributed by atoms with Crippen LogP contribution in [0.3, 0.4) is 0 Å². The molecule has 0 fully saturated rings. The van der Waals surface area contributed by atoms with E-state index in [9.17, 15) is 0 Å². The average molecular weight is 299 g/mol. The van der Waals surface area contributed by atoms with Gasteiger partial charge in [0.1, 0.15) is 17.0 Å². The van der Waals surface area contributed by atoms with E-state index < -0.39 is 0 Å². The zero-order chi connectivity index (χ0) is 14.8. The minimum atomic E-state index is 0.777. The molecule has 0 saturated heterocycles. The molecule has 21 heavy (non-hydrogen) atoms. The van der Waals surface area contributed by atoms with E-state index in [2.05, 4.69) is 34.9 Å². The minimum Gasteiger partial charge on any atom is -0.349 e. The highest BCUT2D eigenvalue weighted by atomic mass is 32.1. The van der Waals surface area contributed by atoms with Gasteiger partial charge < -0.3 is 4.90 Å². The summed E-state index contributed by atoms with van der Waals surface area (Å²) in [4.78, 5) is 13.9. The molecule has 0 N–H and O–H groups in total. The van der Waals surface area contributed by atoms with Crippen LogP contribution in [-0.4, -0.2) is 23.1 Å². The second-order valence-corrected chi connectivity index (χ2v) is 6.80. The normalized spacial score (nSPS) is 17.5. The Morgan fingerprint density at radius 3 is 2.81 bits per heavy atom. The fourth-order valence-electron chi connectivity index (χ4n) is 3.06. The lowest BCUT2D eigenvalue weighted by Gasteiger charge is -2.23. The van der Waals surface area contributed by atoms with Crippen molar-refractivity contribution in [1.82, 2.24) is 9.97 Å². The summed E-state index contributed by atoms with van der Waals surface area (Å²) in [6.07, 6.45) is 9.10. The molecule has 0 radical (unpaired) electrons. The quantitative estimate of drug-likeness (QED) is 0.782. The van der Waals surface area contributed by atoms with Crippen LogP contribution < -0.4 is 4.90 Å². The first-order valence-corrected chi connectivity index (χ1v) is 8.28. The Labute approximate surface area is 130 Å². The lowest BCUT2D eigenvalue weighted by Crippen LogP contribution is -2.24. The van der Waals surface area contributed by atoms with Crippen LogP contribution in [-0.2, 0) is 12.8 Å². The summed E-state index contributed by atoms with van der Waals surface area (Å²) in [5.74, 6) is 1.81. The first-order valence-electron chi connectivity index (χ1n) is 7.46. The molecular weight excluding hydrogens is 278 g/mol. The number of hydrogen-bond acceptors (Lipinski definition) is 4. The molecule has 4 heteroatoms. The summed E-state index contributed by atoms with van der Waals surface area (Å²) in [6, 6.07) is 0. The second kappa shape index (κ2) is 5.98. The van der Waals surface area contributed by atoms with Gasteiger partial charge in [0.25, 0.3) is 0 Å². The van der Waals surface area contributed by atoms with Crippen LogP contribution >= 0.6 is 11.3 Å². The number of nitrogens with zero attached hydrogens (tertiary/aromatic N) is 3. The number of aryl methyl sites for hydroxylation is 1. The van der Waals surface area contributed by atoms with Crippen molar-refractivity contribution in [3.8, 4) is 0 Å². The predicted molar refractivity (Wildman–Crippen MR) is 91.2 cm³/mol. The summed E-state index contributed by atoms with van der Waals surface area (Å²) >= 11 is 1.84. The van der Waals surface area contributed by atoms with Gasteiger partial charge >= 0.3 is 0 Å². The van der Waals surface area contributed by atoms with Crippen LogP contribution in [0.25, 0.3) is 10.2 Å². The number of fused-ring (bicyclic) bond motifs is 3. The van der Waals surface area contributed by atoms with Crippen LogP contribution in [0.2, 0.25) is 0 Å². The van der Waals surface area contributed by atoms with Gasteiger partial charge in [-0.1, -0.05) is 19.1 Å². The molecule has 110 valence electrons. The molecule has 0 bridgehead atoms. The Hall–Kier alpha value is -1.68. The van der Waals surface area contributed by atoms with Gasteiger partial charge in [0.15, 0.2) is 0 Å². The molecule has 1 aliphatic carbocycles. The largest absolute Gasteiger partial charge is 0.349 e. The SMILES string of the molecule is C=CCN(CC=C)c1ncnc2sc3c(c12)CCC(C)C3. The first-order chi connectivity index (χ1) is 10.2. The molecule has 0 spiro atoms. The predicted octanol–water partition coefficient (Wildman–Crippen LogP) is 3.99. The van der Waals surface area contributed by atoms with Crippen LogP contribution in [0.15, 0.2) is 31.6 Å². The van der Waals surface area contributed by atoms with Crippen molar-refractivity contribution in [2.24, 2.45) is 5.92 Å². The van der Waals surface area contributed by atoms with E-state index in [1.807, 2.05) is 23.5 Å². The van der Waals surface area contributed by atoms with Gasteiger partial charge in [-0.25, -0.2) is 9.97 Å². The van der Waals surface area contributed by atoms with E-state index >= 15 is 0 Å². The average Bonchev–Trinajstić information content (AvgIpc) is 2.84. The standard InChI is InChI=1S/C17H21N3S/c1-4-8-20(9-5-2)16-15-13-7-6-12(3)10-14(13)21-17(15)19-11-18-16/h4-5,11-12H,1-2,6-10H2,3H3. The monoisotopic (exact) mass is 299 g/mol. The molecule has 0 aromatic carbocycles. The Morgan fingerprint density at radius 1 is 1.33 bits per heavy atom. The van der Waals surface area contributed by atoms with E-state index in [-0.39, 0.29) is 0 Å². The van der Waals surface area contributed by atoms with Gasteiger partial charge in [0.2, 0.25) is 0 Å². The fourth-order valence-corrected chi connectivity index (χ4v) is 4.40. The number of rotatable bonds is 5. The van der Waals surface area contributed by atoms with E-state index in [0.29, 0.717) is 0 Å². The maximum atomic E-state index is 4.57. The van der Waals surface area contributed by atoms with Crippen LogP contribution in [0.4, 0.5) is 5.82 Å². The lowest BCUT2D eigenvalue weighted by atomic mass is 9.89. The van der Waals surface area contributed by atoms with Gasteiger partial charge in [0.05, 0.1) is 5.39 Å². The van der Waals surface area contributed by atoms with Crippen molar-refractivity contribution >= 4 is 27.4 Å². The topological polar surface area (TPSA) is 29.0 Å². The Bertz CT molecular complexity index is 664. The summed E-state index contributed by atoms with van der Waals surface area (Å²) in [7, 11) is 0. The van der Waals surface area contributed by atoms with Crippen molar-refractivity contribution in [3.05, 3.63) is 42.1 Å². The third-order valence-electron chi connectivity index (χ3n) is 4.07. The Kier molecular flexibility index (Phi) is 4.06. The van der Waals surface area contributed by atoms with Gasteiger partial charge in [-0.15, -0.1) is 24.5 Å². The molecule has 3 rings (SSSR count). The highest BCUT2D eigenvalue weighted by Crippen LogP contribution is 2.40. The van der Waals surface area contributed by atoms with Crippen molar-refractivity contribution in [2.75, 3.05) is 18.0 Å². The Balaban J connectivity index is 2.14. The Morgan fingerprint density at radius 2 is 2.10 bits per heavy atom. The zero-order valence-electron chi connectivity index (χ0n) is 12.5. The lowest BCUT2D eigenvalue weighted by molar-refractivity contribution is 0.509. The third-order valence-corrected chi connectivity index (χ3v) is 5.23. The van der Waals surface area contributed by atoms with E-state index in [4.69, 9.17) is 0 Å². The van der Waals surface area contributed by atoms with E-state index in [1.165, 1.54) is 28.7 Å². The molecular formula is C17H21N3S. The molecule has 2 aromatic heterocycles. The second-order valence-electron chi connectivity index (χ2n) is 5.71. The van der Waals surface area contributed by atoms with Crippen LogP contribution in [0, 0.1) is 5.92 Å². The summed E-state index contributed by atoms with van der Waals surface area (Å²) in [5, 5.41) is 1.26. The van der Waals surface area contributed by atoms with Crippen LogP contribution in [0.1, 0.15) is 23.8 Å². The smallest absolute Gasteiger partial charge is 0.141 e. The van der Waals surface area contributed by atoms with Gasteiger partial charge in [-0.05, 0) is 30.7 Å². The molecule has 1 atom stereocenters. The highest BCUT2D eigenvalue weighted by molar-refractivity contribution is 7.19. The fraction of sp³-hybridized carbons (Fsp3) is 0.412. The maximum absolute atomic E-state index is 4.57.